The highest BCUT2D eigenvalue weighted by atomic mass is 16.5. The quantitative estimate of drug-likeness (QED) is 0.806. The second kappa shape index (κ2) is 5.47. The number of methoxy groups -OCH3 is 1. The first-order valence-electron chi connectivity index (χ1n) is 5.33. The van der Waals surface area contributed by atoms with Gasteiger partial charge in [-0.05, 0) is 12.8 Å². The van der Waals surface area contributed by atoms with Crippen LogP contribution >= 0.6 is 0 Å². The average Bonchev–Trinajstić information content (AvgIpc) is 2.24. The summed E-state index contributed by atoms with van der Waals surface area (Å²) < 4.78 is 5.00. The van der Waals surface area contributed by atoms with Crippen LogP contribution in [0.3, 0.4) is 0 Å². The topological polar surface area (TPSA) is 84.3 Å². The number of hydrogen-bond acceptors (Lipinski definition) is 5. The number of aromatic nitrogens is 2. The Kier molecular flexibility index (Phi) is 4.25. The molecule has 1 aromatic rings. The zero-order valence-electron chi connectivity index (χ0n) is 10.4. The third-order valence-corrected chi connectivity index (χ3v) is 2.26. The fourth-order valence-corrected chi connectivity index (χ4v) is 1.39. The van der Waals surface area contributed by atoms with Gasteiger partial charge in [0.05, 0.1) is 7.11 Å². The summed E-state index contributed by atoms with van der Waals surface area (Å²) in [7, 11) is 1.50. The summed E-state index contributed by atoms with van der Waals surface area (Å²) in [4.78, 5) is 19.2. The molecule has 2 N–H and O–H groups in total. The van der Waals surface area contributed by atoms with Gasteiger partial charge in [0.15, 0.2) is 0 Å². The zero-order chi connectivity index (χ0) is 13.0. The molecular formula is C11H17N3O3. The van der Waals surface area contributed by atoms with Gasteiger partial charge < -0.3 is 15.2 Å². The molecule has 0 fully saturated rings. The predicted molar refractivity (Wildman–Crippen MR) is 63.2 cm³/mol. The van der Waals surface area contributed by atoms with Gasteiger partial charge in [-0.2, -0.15) is 4.98 Å². The molecule has 0 aliphatic heterocycles. The summed E-state index contributed by atoms with van der Waals surface area (Å²) >= 11 is 0. The highest BCUT2D eigenvalue weighted by molar-refractivity contribution is 5.77. The lowest BCUT2D eigenvalue weighted by Gasteiger charge is -2.18. The van der Waals surface area contributed by atoms with Crippen molar-refractivity contribution in [2.75, 3.05) is 12.4 Å². The van der Waals surface area contributed by atoms with Crippen LogP contribution in [0.2, 0.25) is 0 Å². The molecule has 1 unspecified atom stereocenters. The van der Waals surface area contributed by atoms with Gasteiger partial charge in [0.1, 0.15) is 17.7 Å². The van der Waals surface area contributed by atoms with Crippen molar-refractivity contribution < 1.29 is 14.6 Å². The molecule has 0 aliphatic carbocycles. The van der Waals surface area contributed by atoms with E-state index in [1.54, 1.807) is 13.0 Å². The first kappa shape index (κ1) is 13.2. The zero-order valence-corrected chi connectivity index (χ0v) is 10.4. The summed E-state index contributed by atoms with van der Waals surface area (Å²) in [5.74, 6) is 0.437. The molecule has 0 bridgehead atoms. The van der Waals surface area contributed by atoms with E-state index in [1.165, 1.54) is 7.11 Å². The van der Waals surface area contributed by atoms with Crippen molar-refractivity contribution in [3.63, 3.8) is 0 Å². The summed E-state index contributed by atoms with van der Waals surface area (Å²) in [5.41, 5.74) is 0. The fraction of sp³-hybridized carbons (Fsp3) is 0.545. The maximum absolute atomic E-state index is 11.0. The van der Waals surface area contributed by atoms with Crippen molar-refractivity contribution in [3.05, 3.63) is 11.9 Å². The molecule has 17 heavy (non-hydrogen) atoms. The van der Waals surface area contributed by atoms with Crippen LogP contribution in [0.1, 0.15) is 19.7 Å². The molecule has 1 heterocycles. The van der Waals surface area contributed by atoms with E-state index in [9.17, 15) is 4.79 Å². The van der Waals surface area contributed by atoms with Crippen molar-refractivity contribution in [1.82, 2.24) is 9.97 Å². The van der Waals surface area contributed by atoms with Crippen molar-refractivity contribution in [2.45, 2.75) is 26.8 Å². The van der Waals surface area contributed by atoms with Crippen molar-refractivity contribution >= 4 is 11.8 Å². The molecule has 0 saturated carbocycles. The summed E-state index contributed by atoms with van der Waals surface area (Å²) in [6.07, 6.45) is 0. The van der Waals surface area contributed by atoms with E-state index in [2.05, 4.69) is 15.3 Å². The lowest BCUT2D eigenvalue weighted by molar-refractivity contribution is -0.138. The monoisotopic (exact) mass is 239 g/mol. The molecule has 0 amide bonds. The molecular weight excluding hydrogens is 222 g/mol. The highest BCUT2D eigenvalue weighted by Crippen LogP contribution is 2.16. The molecule has 1 rings (SSSR count). The van der Waals surface area contributed by atoms with Crippen LogP contribution in [0.5, 0.6) is 5.88 Å². The number of aryl methyl sites for hydroxylation is 1. The van der Waals surface area contributed by atoms with Crippen LogP contribution in [0, 0.1) is 12.8 Å². The number of hydrogen-bond donors (Lipinski definition) is 2. The Morgan fingerprint density at radius 3 is 2.59 bits per heavy atom. The molecule has 1 aromatic heterocycles. The molecule has 0 spiro atoms. The standard InChI is InChI=1S/C11H17N3O3/c1-6(2)10(11(15)16)14-8-5-9(17-4)13-7(3)12-8/h5-6,10H,1-4H3,(H,15,16)(H,12,13,14). The largest absolute Gasteiger partial charge is 0.481 e. The Labute approximate surface area is 100 Å². The summed E-state index contributed by atoms with van der Waals surface area (Å²) in [6, 6.07) is 0.889. The minimum Gasteiger partial charge on any atom is -0.481 e. The van der Waals surface area contributed by atoms with Crippen molar-refractivity contribution in [2.24, 2.45) is 5.92 Å². The van der Waals surface area contributed by atoms with Crippen LogP contribution in [0.15, 0.2) is 6.07 Å². The number of aliphatic carboxylic acids is 1. The van der Waals surface area contributed by atoms with Crippen molar-refractivity contribution in [1.29, 1.82) is 0 Å². The van der Waals surface area contributed by atoms with Gasteiger partial charge in [-0.25, -0.2) is 9.78 Å². The number of nitrogens with zero attached hydrogens (tertiary/aromatic N) is 2. The Morgan fingerprint density at radius 1 is 1.47 bits per heavy atom. The molecule has 94 valence electrons. The predicted octanol–water partition coefficient (Wildman–Crippen LogP) is 1.31. The maximum Gasteiger partial charge on any atom is 0.326 e. The molecule has 0 radical (unpaired) electrons. The van der Waals surface area contributed by atoms with E-state index in [1.807, 2.05) is 13.8 Å². The number of carboxylic acid groups (broad SMARTS) is 1. The number of anilines is 1. The van der Waals surface area contributed by atoms with E-state index in [0.717, 1.165) is 0 Å². The van der Waals surface area contributed by atoms with E-state index in [4.69, 9.17) is 9.84 Å². The lowest BCUT2D eigenvalue weighted by atomic mass is 10.1. The number of ether oxygens (including phenoxy) is 1. The Bertz CT molecular complexity index is 407. The van der Waals surface area contributed by atoms with Crippen LogP contribution < -0.4 is 10.1 Å². The molecule has 0 aliphatic rings. The van der Waals surface area contributed by atoms with Gasteiger partial charge in [-0.15, -0.1) is 0 Å². The average molecular weight is 239 g/mol. The number of nitrogens with one attached hydrogen (secondary N) is 1. The molecule has 6 nitrogen and oxygen atoms in total. The number of rotatable bonds is 5. The second-order valence-electron chi connectivity index (χ2n) is 4.05. The SMILES string of the molecule is COc1cc(NC(C(=O)O)C(C)C)nc(C)n1. The Balaban J connectivity index is 2.93. The van der Waals surface area contributed by atoms with Gasteiger partial charge >= 0.3 is 5.97 Å². The number of carbonyl (C=O) groups is 1. The Morgan fingerprint density at radius 2 is 2.12 bits per heavy atom. The second-order valence-corrected chi connectivity index (χ2v) is 4.05. The first-order valence-corrected chi connectivity index (χ1v) is 5.33. The third kappa shape index (κ3) is 3.58. The van der Waals surface area contributed by atoms with E-state index in [-0.39, 0.29) is 5.92 Å². The van der Waals surface area contributed by atoms with Gasteiger partial charge in [0.2, 0.25) is 5.88 Å². The molecule has 0 saturated heterocycles. The van der Waals surface area contributed by atoms with Crippen LogP contribution in [0.4, 0.5) is 5.82 Å². The minimum absolute atomic E-state index is 0.0474. The molecule has 0 aromatic carbocycles. The smallest absolute Gasteiger partial charge is 0.326 e. The highest BCUT2D eigenvalue weighted by Gasteiger charge is 2.21. The fourth-order valence-electron chi connectivity index (χ4n) is 1.39. The van der Waals surface area contributed by atoms with Crippen molar-refractivity contribution in [3.8, 4) is 5.88 Å². The normalized spacial score (nSPS) is 12.3. The van der Waals surface area contributed by atoms with E-state index in [0.29, 0.717) is 17.5 Å². The first-order chi connectivity index (χ1) is 7.93. The number of carboxylic acids is 1. The minimum atomic E-state index is -0.907. The molecule has 1 atom stereocenters. The summed E-state index contributed by atoms with van der Waals surface area (Å²) in [5, 5.41) is 11.9. The van der Waals surface area contributed by atoms with Gasteiger partial charge in [-0.3, -0.25) is 0 Å². The van der Waals surface area contributed by atoms with E-state index < -0.39 is 12.0 Å². The van der Waals surface area contributed by atoms with Crippen LogP contribution in [0.25, 0.3) is 0 Å². The third-order valence-electron chi connectivity index (χ3n) is 2.26. The van der Waals surface area contributed by atoms with Gasteiger partial charge in [-0.1, -0.05) is 13.8 Å². The summed E-state index contributed by atoms with van der Waals surface area (Å²) in [6.45, 7) is 5.38. The van der Waals surface area contributed by atoms with Crippen LogP contribution in [-0.2, 0) is 4.79 Å². The van der Waals surface area contributed by atoms with E-state index >= 15 is 0 Å². The maximum atomic E-state index is 11.0. The van der Waals surface area contributed by atoms with Gasteiger partial charge in [0.25, 0.3) is 0 Å². The van der Waals surface area contributed by atoms with Gasteiger partial charge in [0, 0.05) is 6.07 Å². The Hall–Kier alpha value is -1.85. The van der Waals surface area contributed by atoms with Crippen LogP contribution in [-0.4, -0.2) is 34.2 Å². The molecule has 6 heteroatoms. The lowest BCUT2D eigenvalue weighted by Crippen LogP contribution is -2.34.